The highest BCUT2D eigenvalue weighted by atomic mass is 16.7. The molecule has 40 heavy (non-hydrogen) atoms. The van der Waals surface area contributed by atoms with Gasteiger partial charge in [-0.25, -0.2) is 0 Å². The molecule has 0 aromatic heterocycles. The van der Waals surface area contributed by atoms with Gasteiger partial charge in [0, 0.05) is 31.4 Å². The number of rotatable bonds is 4. The molecule has 9 nitrogen and oxygen atoms in total. The molecule has 2 heterocycles. The van der Waals surface area contributed by atoms with E-state index in [2.05, 4.69) is 25.9 Å². The van der Waals surface area contributed by atoms with Crippen molar-refractivity contribution in [3.8, 4) is 0 Å². The number of carbonyl (C=O) groups excluding carboxylic acids is 4. The van der Waals surface area contributed by atoms with Crippen molar-refractivity contribution >= 4 is 23.8 Å². The Bertz CT molecular complexity index is 841. The minimum Gasteiger partial charge on any atom is -0.458 e. The molecule has 2 rings (SSSR count). The van der Waals surface area contributed by atoms with Crippen molar-refractivity contribution in [2.24, 2.45) is 17.8 Å². The third-order valence-corrected chi connectivity index (χ3v) is 7.60. The highest BCUT2D eigenvalue weighted by molar-refractivity contribution is 6.00. The van der Waals surface area contributed by atoms with Gasteiger partial charge in [-0.2, -0.15) is 0 Å². The maximum absolute atomic E-state index is 12.5. The van der Waals surface area contributed by atoms with E-state index in [1.165, 1.54) is 13.0 Å². The summed E-state index contributed by atoms with van der Waals surface area (Å²) in [4.78, 5) is 51.1. The van der Waals surface area contributed by atoms with Gasteiger partial charge in [0.25, 0.3) is 0 Å². The topological polar surface area (TPSA) is 119 Å². The summed E-state index contributed by atoms with van der Waals surface area (Å²) in [5, 5.41) is 10.7. The second-order valence-electron chi connectivity index (χ2n) is 11.1. The van der Waals surface area contributed by atoms with Gasteiger partial charge >= 0.3 is 5.97 Å². The zero-order valence-electron chi connectivity index (χ0n) is 26.7. The first-order valence-electron chi connectivity index (χ1n) is 14.7. The number of esters is 1. The molecule has 0 bridgehead atoms. The summed E-state index contributed by atoms with van der Waals surface area (Å²) in [7, 11) is 5.92. The maximum atomic E-state index is 12.5. The molecule has 0 aromatic rings. The number of allylic oxidation sites excluding steroid dienone is 1. The number of carbonyl (C=O) groups is 4. The fraction of sp³-hybridized carbons (Fsp3) is 0.806. The zero-order chi connectivity index (χ0) is 31.2. The summed E-state index contributed by atoms with van der Waals surface area (Å²) in [5.41, 5.74) is -1.85. The molecule has 1 fully saturated rings. The molecule has 0 saturated carbocycles. The van der Waals surface area contributed by atoms with Crippen molar-refractivity contribution in [1.82, 2.24) is 4.90 Å². The molecule has 1 saturated heterocycles. The van der Waals surface area contributed by atoms with Crippen LogP contribution in [0.1, 0.15) is 93.9 Å². The van der Waals surface area contributed by atoms with Crippen LogP contribution < -0.4 is 0 Å². The Labute approximate surface area is 242 Å². The molecule has 2 aliphatic rings. The largest absolute Gasteiger partial charge is 0.458 e. The molecule has 0 aliphatic carbocycles. The van der Waals surface area contributed by atoms with Crippen molar-refractivity contribution in [3.63, 3.8) is 0 Å². The Morgan fingerprint density at radius 2 is 1.65 bits per heavy atom. The van der Waals surface area contributed by atoms with Crippen LogP contribution in [0.3, 0.4) is 0 Å². The molecular weight excluding hydrogens is 514 g/mol. The smallest absolute Gasteiger partial charge is 0.316 e. The highest BCUT2D eigenvalue weighted by Crippen LogP contribution is 2.26. The second-order valence-corrected chi connectivity index (χ2v) is 11.1. The van der Waals surface area contributed by atoms with Crippen LogP contribution in [0.15, 0.2) is 11.6 Å². The molecule has 0 spiro atoms. The van der Waals surface area contributed by atoms with E-state index in [9.17, 15) is 24.3 Å². The van der Waals surface area contributed by atoms with Gasteiger partial charge in [-0.15, -0.1) is 0 Å². The number of aldehydes is 1. The quantitative estimate of drug-likeness (QED) is 0.296. The van der Waals surface area contributed by atoms with Crippen molar-refractivity contribution in [1.29, 1.82) is 0 Å². The number of ketones is 2. The number of Topliss-reactive ketones (excluding diaryl/α,β-unsaturated/α-hetero) is 2. The van der Waals surface area contributed by atoms with Crippen LogP contribution in [-0.4, -0.2) is 85.2 Å². The summed E-state index contributed by atoms with van der Waals surface area (Å²) >= 11 is 0. The average Bonchev–Trinajstić information content (AvgIpc) is 2.94. The molecule has 1 N–H and O–H groups in total. The van der Waals surface area contributed by atoms with Crippen molar-refractivity contribution in [3.05, 3.63) is 11.6 Å². The van der Waals surface area contributed by atoms with E-state index in [0.717, 1.165) is 12.8 Å². The summed E-state index contributed by atoms with van der Waals surface area (Å²) in [6.07, 6.45) is 4.67. The van der Waals surface area contributed by atoms with Gasteiger partial charge in [0.2, 0.25) is 0 Å². The summed E-state index contributed by atoms with van der Waals surface area (Å²) in [6.45, 7) is 14.3. The normalized spacial score (nSPS) is 35.6. The number of hydrogen-bond acceptors (Lipinski definition) is 9. The van der Waals surface area contributed by atoms with E-state index >= 15 is 0 Å². The van der Waals surface area contributed by atoms with E-state index < -0.39 is 23.6 Å². The number of aliphatic hydroxyl groups is 1. The number of hydrogen-bond donors (Lipinski definition) is 1. The van der Waals surface area contributed by atoms with Gasteiger partial charge in [0.05, 0.1) is 6.10 Å². The SMILES string of the molecule is CC.CC[C@H]1OC(=O)[C@H](C)C(=O)[C@H](C)CCC[C@@H](C)C(=O)/C(C)=C/[C@@]1(O)C=O.CO[C@H]1C[C@@H](N(C)C)C[C@@H](C)O1. The minimum atomic E-state index is -2.11. The molecular formula is C31H55NO8. The monoisotopic (exact) mass is 569 g/mol. The van der Waals surface area contributed by atoms with Gasteiger partial charge in [0.1, 0.15) is 17.8 Å². The van der Waals surface area contributed by atoms with Gasteiger partial charge in [-0.3, -0.25) is 19.2 Å². The molecule has 0 unspecified atom stereocenters. The van der Waals surface area contributed by atoms with Crippen molar-refractivity contribution in [2.45, 2.75) is 124 Å². The molecule has 0 aromatic carbocycles. The Morgan fingerprint density at radius 1 is 1.07 bits per heavy atom. The fourth-order valence-corrected chi connectivity index (χ4v) is 4.95. The number of ether oxygens (including phenoxy) is 3. The lowest BCUT2D eigenvalue weighted by atomic mass is 9.86. The van der Waals surface area contributed by atoms with Crippen LogP contribution in [-0.2, 0) is 33.4 Å². The van der Waals surface area contributed by atoms with Crippen molar-refractivity contribution in [2.75, 3.05) is 21.2 Å². The Kier molecular flexibility index (Phi) is 17.6. The Balaban J connectivity index is 0.000000902. The van der Waals surface area contributed by atoms with Gasteiger partial charge in [-0.1, -0.05) is 41.0 Å². The molecule has 0 radical (unpaired) electrons. The molecule has 9 heteroatoms. The third kappa shape index (κ3) is 11.5. The van der Waals surface area contributed by atoms with Crippen LogP contribution in [0.5, 0.6) is 0 Å². The van der Waals surface area contributed by atoms with E-state index in [1.807, 2.05) is 13.8 Å². The van der Waals surface area contributed by atoms with Gasteiger partial charge in [-0.05, 0) is 72.2 Å². The van der Waals surface area contributed by atoms with Gasteiger partial charge < -0.3 is 24.2 Å². The lowest BCUT2D eigenvalue weighted by Crippen LogP contribution is -2.46. The van der Waals surface area contributed by atoms with E-state index in [4.69, 9.17) is 14.2 Å². The first-order chi connectivity index (χ1) is 18.7. The standard InChI is InChI=1S/C20H30O6.C9H19NO2.C2H6/c1-6-16-20(25,11-21)10-14(4)17(22)12(2)8-7-9-13(3)18(23)15(5)19(24)26-16;1-7-5-8(10(2)3)6-9(11-4)12-7;1-2/h10-13,15-16,25H,6-9H2,1-5H3;7-9H,5-6H2,1-4H3;1-2H3/b14-10+;;/t12-,13-,15-,16-,20-;7-,8+,9-;/m11./s1. The highest BCUT2D eigenvalue weighted by Gasteiger charge is 2.40. The van der Waals surface area contributed by atoms with Crippen LogP contribution in [0.2, 0.25) is 0 Å². The lowest BCUT2D eigenvalue weighted by Gasteiger charge is -2.36. The lowest BCUT2D eigenvalue weighted by molar-refractivity contribution is -0.188. The van der Waals surface area contributed by atoms with Crippen LogP contribution >= 0.6 is 0 Å². The number of cyclic esters (lactones) is 1. The summed E-state index contributed by atoms with van der Waals surface area (Å²) in [6, 6.07) is 0.596. The second kappa shape index (κ2) is 18.5. The summed E-state index contributed by atoms with van der Waals surface area (Å²) in [5.74, 6) is -2.76. The van der Waals surface area contributed by atoms with Crippen LogP contribution in [0.25, 0.3) is 0 Å². The van der Waals surface area contributed by atoms with E-state index in [1.54, 1.807) is 34.8 Å². The molecule has 0 amide bonds. The van der Waals surface area contributed by atoms with Crippen LogP contribution in [0.4, 0.5) is 0 Å². The van der Waals surface area contributed by atoms with E-state index in [0.29, 0.717) is 31.4 Å². The maximum Gasteiger partial charge on any atom is 0.316 e. The average molecular weight is 570 g/mol. The summed E-state index contributed by atoms with van der Waals surface area (Å²) < 4.78 is 16.1. The van der Waals surface area contributed by atoms with Crippen molar-refractivity contribution < 1.29 is 38.5 Å². The fourth-order valence-electron chi connectivity index (χ4n) is 4.95. The first-order valence-corrected chi connectivity index (χ1v) is 14.7. The Hall–Kier alpha value is -1.94. The number of nitrogens with zero attached hydrogens (tertiary/aromatic N) is 1. The molecule has 232 valence electrons. The third-order valence-electron chi connectivity index (χ3n) is 7.60. The predicted octanol–water partition coefficient (Wildman–Crippen LogP) is 4.53. The van der Waals surface area contributed by atoms with Gasteiger partial charge in [0.15, 0.2) is 24.0 Å². The predicted molar refractivity (Wildman–Crippen MR) is 156 cm³/mol. The molecule has 2 aliphatic heterocycles. The minimum absolute atomic E-state index is 0.0128. The molecule has 8 atom stereocenters. The Morgan fingerprint density at radius 3 is 2.15 bits per heavy atom. The first kappa shape index (κ1) is 38.1. The number of methoxy groups -OCH3 is 1. The van der Waals surface area contributed by atoms with E-state index in [-0.39, 0.29) is 48.0 Å². The van der Waals surface area contributed by atoms with Crippen LogP contribution in [0, 0.1) is 17.8 Å². The zero-order valence-corrected chi connectivity index (χ0v) is 26.7.